The van der Waals surface area contributed by atoms with Gasteiger partial charge in [0.15, 0.2) is 0 Å². The molecule has 1 fully saturated rings. The van der Waals surface area contributed by atoms with Crippen LogP contribution in [0.2, 0.25) is 0 Å². The number of para-hydroxylation sites is 1. The summed E-state index contributed by atoms with van der Waals surface area (Å²) in [5.41, 5.74) is 5.07. The first kappa shape index (κ1) is 19.3. The number of carbonyl (C=O) groups excluding carboxylic acids is 3. The van der Waals surface area contributed by atoms with E-state index in [0.29, 0.717) is 25.1 Å². The molecule has 146 valence electrons. The lowest BCUT2D eigenvalue weighted by Gasteiger charge is -2.32. The first-order chi connectivity index (χ1) is 13.5. The molecule has 2 aromatic carbocycles. The van der Waals surface area contributed by atoms with Crippen LogP contribution in [0.4, 0.5) is 14.9 Å². The molecule has 0 unspecified atom stereocenters. The van der Waals surface area contributed by atoms with Gasteiger partial charge in [0.05, 0.1) is 11.5 Å². The van der Waals surface area contributed by atoms with Crippen molar-refractivity contribution < 1.29 is 18.8 Å². The van der Waals surface area contributed by atoms with E-state index in [0.717, 1.165) is 0 Å². The number of likely N-dealkylation sites (tertiary alicyclic amines) is 1. The molecule has 1 heterocycles. The van der Waals surface area contributed by atoms with Gasteiger partial charge in [0.2, 0.25) is 5.91 Å². The molecule has 0 radical (unpaired) electrons. The molecule has 1 atom stereocenters. The summed E-state index contributed by atoms with van der Waals surface area (Å²) in [7, 11) is 0. The average Bonchev–Trinajstić information content (AvgIpc) is 2.73. The van der Waals surface area contributed by atoms with Gasteiger partial charge in [-0.3, -0.25) is 20.4 Å². The topological polar surface area (TPSA) is 90.5 Å². The van der Waals surface area contributed by atoms with E-state index in [1.54, 1.807) is 17.0 Å². The maximum absolute atomic E-state index is 13.6. The molecule has 1 aliphatic heterocycles. The number of hydrogen-bond acceptors (Lipinski definition) is 3. The number of rotatable bonds is 3. The van der Waals surface area contributed by atoms with E-state index in [2.05, 4.69) is 16.2 Å². The number of hydrogen-bond donors (Lipinski definition) is 3. The highest BCUT2D eigenvalue weighted by Gasteiger charge is 2.29. The van der Waals surface area contributed by atoms with Crippen LogP contribution in [-0.2, 0) is 4.79 Å². The number of nitrogens with zero attached hydrogens (tertiary/aromatic N) is 1. The highest BCUT2D eigenvalue weighted by molar-refractivity contribution is 5.96. The Kier molecular flexibility index (Phi) is 6.21. The smallest absolute Gasteiger partial charge is 0.321 e. The first-order valence-electron chi connectivity index (χ1n) is 9.00. The van der Waals surface area contributed by atoms with Gasteiger partial charge in [0, 0.05) is 18.8 Å². The fraction of sp³-hybridized carbons (Fsp3) is 0.250. The summed E-state index contributed by atoms with van der Waals surface area (Å²) in [5, 5.41) is 2.79. The van der Waals surface area contributed by atoms with E-state index in [9.17, 15) is 18.8 Å². The van der Waals surface area contributed by atoms with Crippen LogP contribution in [0.25, 0.3) is 0 Å². The van der Waals surface area contributed by atoms with Gasteiger partial charge in [-0.2, -0.15) is 0 Å². The van der Waals surface area contributed by atoms with Crippen molar-refractivity contribution in [3.8, 4) is 0 Å². The number of piperidine rings is 1. The number of halogens is 1. The van der Waals surface area contributed by atoms with E-state index in [1.807, 2.05) is 18.2 Å². The lowest BCUT2D eigenvalue weighted by Crippen LogP contribution is -2.50. The third-order valence-electron chi connectivity index (χ3n) is 4.52. The van der Waals surface area contributed by atoms with Gasteiger partial charge < -0.3 is 10.2 Å². The molecule has 7 nitrogen and oxygen atoms in total. The minimum absolute atomic E-state index is 0.157. The molecular weight excluding hydrogens is 363 g/mol. The largest absolute Gasteiger partial charge is 0.324 e. The molecule has 28 heavy (non-hydrogen) atoms. The number of carbonyl (C=O) groups is 3. The maximum atomic E-state index is 13.6. The summed E-state index contributed by atoms with van der Waals surface area (Å²) in [6.07, 6.45) is 1.26. The van der Waals surface area contributed by atoms with Crippen LogP contribution in [0, 0.1) is 11.7 Å². The molecular formula is C20H21FN4O3. The van der Waals surface area contributed by atoms with Crippen molar-refractivity contribution >= 4 is 23.5 Å². The SMILES string of the molecule is O=C(NNC(=O)[C@@H]1CCCN(C(=O)Nc2ccccc2)C1)c1ccccc1F. The van der Waals surface area contributed by atoms with E-state index >= 15 is 0 Å². The predicted molar refractivity (Wildman–Crippen MR) is 102 cm³/mol. The summed E-state index contributed by atoms with van der Waals surface area (Å²) < 4.78 is 13.6. The van der Waals surface area contributed by atoms with Crippen LogP contribution in [0.5, 0.6) is 0 Å². The van der Waals surface area contributed by atoms with Crippen molar-refractivity contribution in [1.29, 1.82) is 0 Å². The minimum Gasteiger partial charge on any atom is -0.324 e. The van der Waals surface area contributed by atoms with E-state index in [1.165, 1.54) is 24.3 Å². The summed E-state index contributed by atoms with van der Waals surface area (Å²) in [4.78, 5) is 38.3. The second kappa shape index (κ2) is 8.98. The molecule has 8 heteroatoms. The fourth-order valence-corrected chi connectivity index (χ4v) is 3.03. The molecule has 4 amide bonds. The Bertz CT molecular complexity index is 860. The highest BCUT2D eigenvalue weighted by Crippen LogP contribution is 2.18. The van der Waals surface area contributed by atoms with Gasteiger partial charge in [-0.05, 0) is 37.1 Å². The third kappa shape index (κ3) is 4.85. The molecule has 0 saturated carbocycles. The molecule has 1 saturated heterocycles. The molecule has 0 aromatic heterocycles. The zero-order chi connectivity index (χ0) is 19.9. The second-order valence-corrected chi connectivity index (χ2v) is 6.50. The van der Waals surface area contributed by atoms with Gasteiger partial charge in [0.1, 0.15) is 5.82 Å². The molecule has 0 bridgehead atoms. The Balaban J connectivity index is 1.52. The fourth-order valence-electron chi connectivity index (χ4n) is 3.03. The third-order valence-corrected chi connectivity index (χ3v) is 4.52. The van der Waals surface area contributed by atoms with Gasteiger partial charge >= 0.3 is 6.03 Å². The Morgan fingerprint density at radius 1 is 0.964 bits per heavy atom. The Hall–Kier alpha value is -3.42. The average molecular weight is 384 g/mol. The number of urea groups is 1. The summed E-state index contributed by atoms with van der Waals surface area (Å²) in [6.45, 7) is 0.782. The van der Waals surface area contributed by atoms with Crippen LogP contribution < -0.4 is 16.2 Å². The lowest BCUT2D eigenvalue weighted by atomic mass is 9.98. The minimum atomic E-state index is -0.735. The molecule has 0 spiro atoms. The molecule has 2 aromatic rings. The Labute approximate surface area is 161 Å². The van der Waals surface area contributed by atoms with Gasteiger partial charge in [0.25, 0.3) is 5.91 Å². The van der Waals surface area contributed by atoms with Crippen molar-refractivity contribution in [3.05, 3.63) is 66.0 Å². The maximum Gasteiger partial charge on any atom is 0.321 e. The van der Waals surface area contributed by atoms with E-state index in [4.69, 9.17) is 0 Å². The number of anilines is 1. The lowest BCUT2D eigenvalue weighted by molar-refractivity contribution is -0.127. The van der Waals surface area contributed by atoms with Gasteiger partial charge in [-0.15, -0.1) is 0 Å². The molecule has 3 N–H and O–H groups in total. The van der Waals surface area contributed by atoms with Crippen LogP contribution >= 0.6 is 0 Å². The van der Waals surface area contributed by atoms with Crippen LogP contribution in [0.15, 0.2) is 54.6 Å². The second-order valence-electron chi connectivity index (χ2n) is 6.50. The summed E-state index contributed by atoms with van der Waals surface area (Å²) in [5.74, 6) is -2.28. The van der Waals surface area contributed by atoms with E-state index in [-0.39, 0.29) is 18.1 Å². The summed E-state index contributed by atoms with van der Waals surface area (Å²) in [6, 6.07) is 14.3. The quantitative estimate of drug-likeness (QED) is 0.711. The number of hydrazine groups is 1. The Morgan fingerprint density at radius 3 is 2.43 bits per heavy atom. The van der Waals surface area contributed by atoms with Gasteiger partial charge in [-0.25, -0.2) is 9.18 Å². The normalized spacial score (nSPS) is 16.2. The molecule has 1 aliphatic rings. The first-order valence-corrected chi connectivity index (χ1v) is 9.00. The van der Waals surface area contributed by atoms with Crippen molar-refractivity contribution in [2.75, 3.05) is 18.4 Å². The Morgan fingerprint density at radius 2 is 1.68 bits per heavy atom. The zero-order valence-corrected chi connectivity index (χ0v) is 15.2. The van der Waals surface area contributed by atoms with Crippen molar-refractivity contribution in [2.45, 2.75) is 12.8 Å². The highest BCUT2D eigenvalue weighted by atomic mass is 19.1. The van der Waals surface area contributed by atoms with Crippen LogP contribution in [0.1, 0.15) is 23.2 Å². The number of nitrogens with one attached hydrogen (secondary N) is 3. The summed E-state index contributed by atoms with van der Waals surface area (Å²) >= 11 is 0. The van der Waals surface area contributed by atoms with Crippen molar-refractivity contribution in [3.63, 3.8) is 0 Å². The monoisotopic (exact) mass is 384 g/mol. The zero-order valence-electron chi connectivity index (χ0n) is 15.2. The van der Waals surface area contributed by atoms with E-state index < -0.39 is 23.5 Å². The van der Waals surface area contributed by atoms with Crippen molar-refractivity contribution in [2.24, 2.45) is 5.92 Å². The number of benzene rings is 2. The number of amides is 4. The standard InChI is InChI=1S/C20H21FN4O3/c21-17-11-5-4-10-16(17)19(27)24-23-18(26)14-7-6-12-25(13-14)20(28)22-15-8-2-1-3-9-15/h1-5,8-11,14H,6-7,12-13H2,(H,22,28)(H,23,26)(H,24,27)/t14-/m1/s1. The van der Waals surface area contributed by atoms with Crippen LogP contribution in [-0.4, -0.2) is 35.8 Å². The molecule has 3 rings (SSSR count). The van der Waals surface area contributed by atoms with Crippen LogP contribution in [0.3, 0.4) is 0 Å². The predicted octanol–water partition coefficient (Wildman–Crippen LogP) is 2.53. The van der Waals surface area contributed by atoms with Gasteiger partial charge in [-0.1, -0.05) is 30.3 Å². The molecule has 0 aliphatic carbocycles. The van der Waals surface area contributed by atoms with Crippen molar-refractivity contribution in [1.82, 2.24) is 15.8 Å².